The van der Waals surface area contributed by atoms with Gasteiger partial charge in [0.25, 0.3) is 0 Å². The van der Waals surface area contributed by atoms with Crippen LogP contribution in [0.4, 0.5) is 0 Å². The Hall–Kier alpha value is -1.58. The Morgan fingerprint density at radius 2 is 2.09 bits per heavy atom. The fourth-order valence-electron chi connectivity index (χ4n) is 4.28. The summed E-state index contributed by atoms with van der Waals surface area (Å²) in [5, 5.41) is 11.9. The molecule has 1 aromatic heterocycles. The van der Waals surface area contributed by atoms with Gasteiger partial charge in [-0.2, -0.15) is 0 Å². The van der Waals surface area contributed by atoms with Crippen LogP contribution in [0.5, 0.6) is 0 Å². The van der Waals surface area contributed by atoms with Gasteiger partial charge < -0.3 is 9.67 Å². The zero-order valence-electron chi connectivity index (χ0n) is 13.8. The van der Waals surface area contributed by atoms with Crippen LogP contribution in [-0.2, 0) is 6.42 Å². The molecule has 0 spiro atoms. The summed E-state index contributed by atoms with van der Waals surface area (Å²) in [5.41, 5.74) is 4.60. The molecule has 0 fully saturated rings. The van der Waals surface area contributed by atoms with Crippen LogP contribution in [-0.4, -0.2) is 39.8 Å². The Morgan fingerprint density at radius 1 is 1.32 bits per heavy atom. The minimum Gasteiger partial charge on any atom is -0.385 e. The standard InChI is InChI=1S/C19H24N2O/c1-12(2)21-10-13-8-17-15(9-19(3,22)11-20(17)4)14-6-5-7-16(21)18(13)14/h5-7,9-10,12,17,22H,8,11H2,1-4H3/t17-,19+/m0/s1. The molecule has 2 aromatic rings. The molecule has 1 aromatic carbocycles. The molecule has 0 unspecified atom stereocenters. The van der Waals surface area contributed by atoms with E-state index in [0.717, 1.165) is 6.42 Å². The Kier molecular flexibility index (Phi) is 2.85. The van der Waals surface area contributed by atoms with E-state index >= 15 is 0 Å². The highest BCUT2D eigenvalue weighted by Gasteiger charge is 2.37. The van der Waals surface area contributed by atoms with Crippen molar-refractivity contribution < 1.29 is 5.11 Å². The molecule has 0 saturated heterocycles. The number of aromatic nitrogens is 1. The van der Waals surface area contributed by atoms with Gasteiger partial charge in [-0.05, 0) is 63.1 Å². The van der Waals surface area contributed by atoms with Crippen LogP contribution in [0.15, 0.2) is 30.5 Å². The summed E-state index contributed by atoms with van der Waals surface area (Å²) < 4.78 is 2.38. The first-order valence-electron chi connectivity index (χ1n) is 8.15. The second-order valence-corrected chi connectivity index (χ2v) is 7.45. The molecule has 1 aliphatic heterocycles. The van der Waals surface area contributed by atoms with Crippen LogP contribution in [0, 0.1) is 0 Å². The van der Waals surface area contributed by atoms with Crippen molar-refractivity contribution in [2.45, 2.75) is 44.9 Å². The third-order valence-electron chi connectivity index (χ3n) is 5.14. The lowest BCUT2D eigenvalue weighted by molar-refractivity contribution is 0.0543. The quantitative estimate of drug-likeness (QED) is 0.875. The molecular formula is C19H24N2O. The molecule has 0 bridgehead atoms. The molecule has 0 radical (unpaired) electrons. The van der Waals surface area contributed by atoms with Gasteiger partial charge in [0.2, 0.25) is 0 Å². The number of rotatable bonds is 1. The third kappa shape index (κ3) is 1.89. The Labute approximate surface area is 131 Å². The van der Waals surface area contributed by atoms with Crippen LogP contribution in [0.2, 0.25) is 0 Å². The molecule has 0 amide bonds. The maximum atomic E-state index is 10.6. The number of hydrogen-bond donors (Lipinski definition) is 1. The number of nitrogens with zero attached hydrogens (tertiary/aromatic N) is 2. The fraction of sp³-hybridized carbons (Fsp3) is 0.474. The topological polar surface area (TPSA) is 28.4 Å². The first-order valence-corrected chi connectivity index (χ1v) is 8.15. The number of fused-ring (bicyclic) bond motifs is 2. The first kappa shape index (κ1) is 14.0. The van der Waals surface area contributed by atoms with Crippen molar-refractivity contribution in [2.75, 3.05) is 13.6 Å². The van der Waals surface area contributed by atoms with Crippen LogP contribution >= 0.6 is 0 Å². The second kappa shape index (κ2) is 4.46. The summed E-state index contributed by atoms with van der Waals surface area (Å²) in [6, 6.07) is 7.41. The fourth-order valence-corrected chi connectivity index (χ4v) is 4.28. The normalized spacial score (nSPS) is 28.1. The lowest BCUT2D eigenvalue weighted by atomic mass is 9.79. The molecular weight excluding hydrogens is 272 g/mol. The SMILES string of the molecule is CC(C)n1cc2c3c(cccc31)C1=C[C@@](C)(O)CN(C)[C@H]1C2. The van der Waals surface area contributed by atoms with Gasteiger partial charge in [-0.3, -0.25) is 4.90 Å². The van der Waals surface area contributed by atoms with Gasteiger partial charge in [0.1, 0.15) is 0 Å². The van der Waals surface area contributed by atoms with E-state index in [1.54, 1.807) is 0 Å². The number of hydrogen-bond acceptors (Lipinski definition) is 2. The average molecular weight is 296 g/mol. The molecule has 2 aliphatic rings. The van der Waals surface area contributed by atoms with E-state index in [4.69, 9.17) is 0 Å². The van der Waals surface area contributed by atoms with Gasteiger partial charge in [0.15, 0.2) is 0 Å². The minimum absolute atomic E-state index is 0.376. The van der Waals surface area contributed by atoms with E-state index in [-0.39, 0.29) is 0 Å². The summed E-state index contributed by atoms with van der Waals surface area (Å²) in [6.45, 7) is 7.06. The smallest absolute Gasteiger partial charge is 0.0932 e. The lowest BCUT2D eigenvalue weighted by Crippen LogP contribution is -2.49. The van der Waals surface area contributed by atoms with E-state index in [1.807, 2.05) is 6.92 Å². The molecule has 2 heterocycles. The van der Waals surface area contributed by atoms with E-state index in [2.05, 4.69) is 60.8 Å². The van der Waals surface area contributed by atoms with Gasteiger partial charge in [0, 0.05) is 35.7 Å². The maximum Gasteiger partial charge on any atom is 0.0932 e. The van der Waals surface area contributed by atoms with Crippen molar-refractivity contribution in [3.05, 3.63) is 41.6 Å². The molecule has 3 heteroatoms. The summed E-state index contributed by atoms with van der Waals surface area (Å²) in [7, 11) is 2.12. The molecule has 1 aliphatic carbocycles. The van der Waals surface area contributed by atoms with E-state index in [9.17, 15) is 5.11 Å². The summed E-state index contributed by atoms with van der Waals surface area (Å²) in [6.07, 6.45) is 5.45. The molecule has 116 valence electrons. The van der Waals surface area contributed by atoms with Gasteiger partial charge in [0.05, 0.1) is 5.60 Å². The molecule has 22 heavy (non-hydrogen) atoms. The van der Waals surface area contributed by atoms with Crippen molar-refractivity contribution in [1.29, 1.82) is 0 Å². The minimum atomic E-state index is -0.749. The van der Waals surface area contributed by atoms with Crippen LogP contribution in [0.1, 0.15) is 37.9 Å². The van der Waals surface area contributed by atoms with E-state index in [1.165, 1.54) is 27.6 Å². The van der Waals surface area contributed by atoms with Crippen LogP contribution in [0.25, 0.3) is 16.5 Å². The van der Waals surface area contributed by atoms with Gasteiger partial charge in [-0.15, -0.1) is 0 Å². The summed E-state index contributed by atoms with van der Waals surface area (Å²) in [5.74, 6) is 0. The zero-order valence-corrected chi connectivity index (χ0v) is 13.8. The van der Waals surface area contributed by atoms with Gasteiger partial charge >= 0.3 is 0 Å². The highest BCUT2D eigenvalue weighted by molar-refractivity contribution is 5.99. The highest BCUT2D eigenvalue weighted by atomic mass is 16.3. The van der Waals surface area contributed by atoms with Gasteiger partial charge in [-0.1, -0.05) is 12.1 Å². The van der Waals surface area contributed by atoms with E-state index < -0.39 is 5.60 Å². The zero-order chi connectivity index (χ0) is 15.6. The number of benzene rings is 1. The Morgan fingerprint density at radius 3 is 2.82 bits per heavy atom. The van der Waals surface area contributed by atoms with Crippen molar-refractivity contribution in [3.8, 4) is 0 Å². The maximum absolute atomic E-state index is 10.6. The Bertz CT molecular complexity index is 782. The van der Waals surface area contributed by atoms with Crippen molar-refractivity contribution in [2.24, 2.45) is 0 Å². The summed E-state index contributed by atoms with van der Waals surface area (Å²) in [4.78, 5) is 2.30. The lowest BCUT2D eigenvalue weighted by Gasteiger charge is -2.42. The summed E-state index contributed by atoms with van der Waals surface area (Å²) >= 11 is 0. The molecule has 3 nitrogen and oxygen atoms in total. The van der Waals surface area contributed by atoms with Gasteiger partial charge in [-0.25, -0.2) is 0 Å². The number of likely N-dealkylation sites (N-methyl/N-ethyl adjacent to an activating group) is 1. The van der Waals surface area contributed by atoms with E-state index in [0.29, 0.717) is 18.6 Å². The van der Waals surface area contributed by atoms with Crippen molar-refractivity contribution >= 4 is 16.5 Å². The molecule has 4 rings (SSSR count). The molecule has 0 saturated carbocycles. The number of aliphatic hydroxyl groups is 1. The molecule has 2 atom stereocenters. The van der Waals surface area contributed by atoms with Crippen molar-refractivity contribution in [3.63, 3.8) is 0 Å². The first-order chi connectivity index (χ1) is 10.4. The predicted molar refractivity (Wildman–Crippen MR) is 91.0 cm³/mol. The Balaban J connectivity index is 2.01. The monoisotopic (exact) mass is 296 g/mol. The van der Waals surface area contributed by atoms with Crippen LogP contribution in [0.3, 0.4) is 0 Å². The highest BCUT2D eigenvalue weighted by Crippen LogP contribution is 2.42. The van der Waals surface area contributed by atoms with Crippen molar-refractivity contribution in [1.82, 2.24) is 9.47 Å². The predicted octanol–water partition coefficient (Wildman–Crippen LogP) is 3.23. The average Bonchev–Trinajstić information content (AvgIpc) is 2.80. The number of β-amino-alcohol motifs (C(OH)–C–C–N with tert-alkyl or cyclic N) is 1. The van der Waals surface area contributed by atoms with Crippen LogP contribution < -0.4 is 0 Å². The molecule has 1 N–H and O–H groups in total. The second-order valence-electron chi connectivity index (χ2n) is 7.45. The third-order valence-corrected chi connectivity index (χ3v) is 5.14. The largest absolute Gasteiger partial charge is 0.385 e.